The zero-order valence-corrected chi connectivity index (χ0v) is 25.7. The second-order valence-electron chi connectivity index (χ2n) is 9.97. The van der Waals surface area contributed by atoms with Gasteiger partial charge in [-0.25, -0.2) is 12.8 Å². The maximum absolute atomic E-state index is 14.0. The van der Waals surface area contributed by atoms with Gasteiger partial charge in [0.1, 0.15) is 18.4 Å². The summed E-state index contributed by atoms with van der Waals surface area (Å²) in [5.74, 6) is -0.965. The minimum Gasteiger partial charge on any atom is -0.493 e. The van der Waals surface area contributed by atoms with Crippen molar-refractivity contribution in [3.63, 3.8) is 0 Å². The van der Waals surface area contributed by atoms with Crippen molar-refractivity contribution in [2.75, 3.05) is 31.6 Å². The number of ether oxygens (including phenoxy) is 2. The number of amides is 2. The molecule has 0 radical (unpaired) electrons. The van der Waals surface area contributed by atoms with Crippen molar-refractivity contribution in [1.29, 1.82) is 0 Å². The van der Waals surface area contributed by atoms with Crippen LogP contribution in [0.3, 0.4) is 0 Å². The molecule has 3 aromatic carbocycles. The lowest BCUT2D eigenvalue weighted by Crippen LogP contribution is -2.51. The Balaban J connectivity index is 2.05. The van der Waals surface area contributed by atoms with E-state index in [1.807, 2.05) is 13.8 Å². The second kappa shape index (κ2) is 14.4. The number of rotatable bonds is 13. The molecular formula is C30H35ClFN3O6S. The van der Waals surface area contributed by atoms with Crippen molar-refractivity contribution in [2.45, 2.75) is 38.3 Å². The van der Waals surface area contributed by atoms with Gasteiger partial charge in [-0.3, -0.25) is 13.9 Å². The Kier molecular flexibility index (Phi) is 11.2. The van der Waals surface area contributed by atoms with Crippen LogP contribution in [0.25, 0.3) is 0 Å². The SMILES string of the molecule is COc1ccc(S(=O)(=O)N(CC(=O)N(Cc2cccc(Cl)c2)C(C)C(=O)NCC(C)C)c2ccc(F)cc2)cc1OC. The van der Waals surface area contributed by atoms with Crippen LogP contribution >= 0.6 is 11.6 Å². The van der Waals surface area contributed by atoms with Gasteiger partial charge in [-0.15, -0.1) is 0 Å². The Morgan fingerprint density at radius 3 is 2.21 bits per heavy atom. The van der Waals surface area contributed by atoms with Crippen molar-refractivity contribution in [3.8, 4) is 11.5 Å². The van der Waals surface area contributed by atoms with E-state index in [9.17, 15) is 22.4 Å². The summed E-state index contributed by atoms with van der Waals surface area (Å²) in [6.07, 6.45) is 0. The van der Waals surface area contributed by atoms with Crippen molar-refractivity contribution in [2.24, 2.45) is 5.92 Å². The molecule has 0 saturated heterocycles. The van der Waals surface area contributed by atoms with E-state index < -0.39 is 40.2 Å². The summed E-state index contributed by atoms with van der Waals surface area (Å²) in [5.41, 5.74) is 0.703. The number of nitrogens with one attached hydrogen (secondary N) is 1. The summed E-state index contributed by atoms with van der Waals surface area (Å²) in [6.45, 7) is 5.17. The molecular weight excluding hydrogens is 585 g/mol. The zero-order chi connectivity index (χ0) is 31.0. The molecule has 0 aliphatic rings. The third-order valence-corrected chi connectivity index (χ3v) is 8.44. The predicted octanol–water partition coefficient (Wildman–Crippen LogP) is 4.88. The highest BCUT2D eigenvalue weighted by molar-refractivity contribution is 7.92. The molecule has 1 unspecified atom stereocenters. The number of anilines is 1. The highest BCUT2D eigenvalue weighted by atomic mass is 35.5. The van der Waals surface area contributed by atoms with Gasteiger partial charge in [0.25, 0.3) is 10.0 Å². The van der Waals surface area contributed by atoms with Crippen LogP contribution in [0.1, 0.15) is 26.3 Å². The lowest BCUT2D eigenvalue weighted by molar-refractivity contribution is -0.139. The highest BCUT2D eigenvalue weighted by Crippen LogP contribution is 2.32. The molecule has 3 rings (SSSR count). The van der Waals surface area contributed by atoms with Crippen LogP contribution in [0.2, 0.25) is 5.02 Å². The topological polar surface area (TPSA) is 105 Å². The zero-order valence-electron chi connectivity index (χ0n) is 24.1. The van der Waals surface area contributed by atoms with Crippen LogP contribution in [-0.2, 0) is 26.2 Å². The standard InChI is InChI=1S/C30H35ClFN3O6S/c1-20(2)17-33-30(37)21(3)34(18-22-7-6-8-23(31)15-22)29(36)19-35(25-11-9-24(32)10-12-25)42(38,39)26-13-14-27(40-4)28(16-26)41-5/h6-16,20-21H,17-19H2,1-5H3,(H,33,37). The van der Waals surface area contributed by atoms with Gasteiger partial charge in [-0.05, 0) is 66.9 Å². The van der Waals surface area contributed by atoms with E-state index in [-0.39, 0.29) is 28.8 Å². The number of hydrogen-bond donors (Lipinski definition) is 1. The van der Waals surface area contributed by atoms with Crippen LogP contribution in [0.4, 0.5) is 10.1 Å². The highest BCUT2D eigenvalue weighted by Gasteiger charge is 2.33. The largest absolute Gasteiger partial charge is 0.493 e. The van der Waals surface area contributed by atoms with Gasteiger partial charge < -0.3 is 19.7 Å². The van der Waals surface area contributed by atoms with E-state index in [0.717, 1.165) is 16.4 Å². The number of halogens is 2. The maximum Gasteiger partial charge on any atom is 0.264 e. The first-order chi connectivity index (χ1) is 19.9. The Morgan fingerprint density at radius 2 is 1.62 bits per heavy atom. The molecule has 0 saturated carbocycles. The smallest absolute Gasteiger partial charge is 0.264 e. The summed E-state index contributed by atoms with van der Waals surface area (Å²) in [4.78, 5) is 28.1. The molecule has 42 heavy (non-hydrogen) atoms. The molecule has 9 nitrogen and oxygen atoms in total. The summed E-state index contributed by atoms with van der Waals surface area (Å²) in [6, 6.07) is 14.6. The second-order valence-corrected chi connectivity index (χ2v) is 12.3. The Labute approximate surface area is 251 Å². The van der Waals surface area contributed by atoms with Crippen LogP contribution in [0, 0.1) is 11.7 Å². The van der Waals surface area contributed by atoms with E-state index in [0.29, 0.717) is 22.9 Å². The fourth-order valence-corrected chi connectivity index (χ4v) is 5.75. The average molecular weight is 620 g/mol. The molecule has 1 atom stereocenters. The number of nitrogens with zero attached hydrogens (tertiary/aromatic N) is 2. The molecule has 0 aliphatic heterocycles. The Morgan fingerprint density at radius 1 is 0.952 bits per heavy atom. The lowest BCUT2D eigenvalue weighted by atomic mass is 10.1. The molecule has 12 heteroatoms. The minimum absolute atomic E-state index is 0.0106. The molecule has 0 heterocycles. The molecule has 0 aliphatic carbocycles. The van der Waals surface area contributed by atoms with Crippen molar-refractivity contribution in [3.05, 3.63) is 83.1 Å². The van der Waals surface area contributed by atoms with E-state index in [1.165, 1.54) is 49.5 Å². The third kappa shape index (κ3) is 8.13. The molecule has 0 aromatic heterocycles. The molecule has 3 aromatic rings. The maximum atomic E-state index is 14.0. The van der Waals surface area contributed by atoms with E-state index in [2.05, 4.69) is 5.32 Å². The first-order valence-corrected chi connectivity index (χ1v) is 15.0. The van der Waals surface area contributed by atoms with Crippen molar-refractivity contribution < 1.29 is 31.9 Å². The minimum atomic E-state index is -4.39. The summed E-state index contributed by atoms with van der Waals surface area (Å²) in [7, 11) is -1.60. The number of carbonyl (C=O) groups is 2. The van der Waals surface area contributed by atoms with Gasteiger partial charge in [0.05, 0.1) is 24.8 Å². The van der Waals surface area contributed by atoms with Crippen LogP contribution in [-0.4, -0.2) is 58.5 Å². The van der Waals surface area contributed by atoms with Gasteiger partial charge in [-0.1, -0.05) is 37.6 Å². The van der Waals surface area contributed by atoms with E-state index in [1.54, 1.807) is 31.2 Å². The van der Waals surface area contributed by atoms with Crippen molar-refractivity contribution >= 4 is 39.1 Å². The fourth-order valence-electron chi connectivity index (χ4n) is 4.11. The summed E-state index contributed by atoms with van der Waals surface area (Å²) >= 11 is 6.17. The van der Waals surface area contributed by atoms with Crippen molar-refractivity contribution in [1.82, 2.24) is 10.2 Å². The first kappa shape index (κ1) is 32.7. The predicted molar refractivity (Wildman–Crippen MR) is 160 cm³/mol. The number of benzene rings is 3. The van der Waals surface area contributed by atoms with Gasteiger partial charge in [0.15, 0.2) is 11.5 Å². The fraction of sp³-hybridized carbons (Fsp3) is 0.333. The van der Waals surface area contributed by atoms with Gasteiger partial charge >= 0.3 is 0 Å². The van der Waals surface area contributed by atoms with Gasteiger partial charge in [-0.2, -0.15) is 0 Å². The van der Waals surface area contributed by atoms with Gasteiger partial charge in [0, 0.05) is 24.2 Å². The normalized spacial score (nSPS) is 12.0. The molecule has 226 valence electrons. The average Bonchev–Trinajstić information content (AvgIpc) is 2.97. The Hall–Kier alpha value is -3.83. The van der Waals surface area contributed by atoms with Crippen LogP contribution < -0.4 is 19.1 Å². The monoisotopic (exact) mass is 619 g/mol. The number of methoxy groups -OCH3 is 2. The Bertz CT molecular complexity index is 1500. The van der Waals surface area contributed by atoms with Gasteiger partial charge in [0.2, 0.25) is 11.8 Å². The van der Waals surface area contributed by atoms with E-state index >= 15 is 0 Å². The molecule has 0 bridgehead atoms. The summed E-state index contributed by atoms with van der Waals surface area (Å²) < 4.78 is 53.2. The van der Waals surface area contributed by atoms with E-state index in [4.69, 9.17) is 21.1 Å². The lowest BCUT2D eigenvalue weighted by Gasteiger charge is -2.32. The van der Waals surface area contributed by atoms with Crippen LogP contribution in [0.15, 0.2) is 71.6 Å². The quantitative estimate of drug-likeness (QED) is 0.292. The number of sulfonamides is 1. The molecule has 2 amide bonds. The number of carbonyl (C=O) groups excluding carboxylic acids is 2. The molecule has 0 spiro atoms. The first-order valence-electron chi connectivity index (χ1n) is 13.2. The molecule has 1 N–H and O–H groups in total. The number of hydrogen-bond acceptors (Lipinski definition) is 6. The third-order valence-electron chi connectivity index (χ3n) is 6.43. The molecule has 0 fully saturated rings. The summed E-state index contributed by atoms with van der Waals surface area (Å²) in [5, 5.41) is 3.27. The van der Waals surface area contributed by atoms with Crippen LogP contribution in [0.5, 0.6) is 11.5 Å².